The standard InChI is InChI=1S/C15H16N2OS/c18-14-8-4-5-9-17(14)10-13-11-19-15(16-13)12-6-2-1-3-7-12/h1-3,6-7,11H,4-5,8-10H2. The maximum atomic E-state index is 11.8. The Bertz CT molecular complexity index is 565. The highest BCUT2D eigenvalue weighted by molar-refractivity contribution is 7.13. The molecule has 2 aromatic rings. The summed E-state index contributed by atoms with van der Waals surface area (Å²) < 4.78 is 0. The van der Waals surface area contributed by atoms with Gasteiger partial charge in [-0.05, 0) is 12.8 Å². The van der Waals surface area contributed by atoms with Crippen molar-refractivity contribution >= 4 is 17.2 Å². The molecule has 0 unspecified atom stereocenters. The molecule has 4 heteroatoms. The van der Waals surface area contributed by atoms with Gasteiger partial charge in [-0.25, -0.2) is 4.98 Å². The van der Waals surface area contributed by atoms with E-state index >= 15 is 0 Å². The summed E-state index contributed by atoms with van der Waals surface area (Å²) in [6, 6.07) is 10.2. The molecule has 1 aliphatic rings. The van der Waals surface area contributed by atoms with Gasteiger partial charge in [0.1, 0.15) is 5.01 Å². The number of likely N-dealkylation sites (tertiary alicyclic amines) is 1. The number of aromatic nitrogens is 1. The third-order valence-corrected chi connectivity index (χ3v) is 4.29. The molecule has 1 aromatic carbocycles. The predicted octanol–water partition coefficient (Wildman–Crippen LogP) is 3.32. The summed E-state index contributed by atoms with van der Waals surface area (Å²) in [6.45, 7) is 1.53. The molecule has 0 bridgehead atoms. The fraction of sp³-hybridized carbons (Fsp3) is 0.333. The first-order chi connectivity index (χ1) is 9.33. The second kappa shape index (κ2) is 5.53. The summed E-state index contributed by atoms with van der Waals surface area (Å²) in [5.74, 6) is 0.264. The van der Waals surface area contributed by atoms with Gasteiger partial charge in [0.05, 0.1) is 12.2 Å². The molecule has 0 saturated carbocycles. The van der Waals surface area contributed by atoms with E-state index in [4.69, 9.17) is 0 Å². The number of nitrogens with zero attached hydrogens (tertiary/aromatic N) is 2. The van der Waals surface area contributed by atoms with E-state index in [2.05, 4.69) is 22.5 Å². The Morgan fingerprint density at radius 1 is 1.21 bits per heavy atom. The number of thiazole rings is 1. The van der Waals surface area contributed by atoms with Crippen LogP contribution in [-0.2, 0) is 11.3 Å². The number of hydrogen-bond acceptors (Lipinski definition) is 3. The molecule has 0 N–H and O–H groups in total. The zero-order valence-electron chi connectivity index (χ0n) is 10.7. The lowest BCUT2D eigenvalue weighted by molar-refractivity contribution is -0.133. The Kier molecular flexibility index (Phi) is 3.60. The van der Waals surface area contributed by atoms with Crippen molar-refractivity contribution < 1.29 is 4.79 Å². The fourth-order valence-electron chi connectivity index (χ4n) is 2.32. The summed E-state index contributed by atoms with van der Waals surface area (Å²) in [6.07, 6.45) is 2.83. The molecule has 1 saturated heterocycles. The van der Waals surface area contributed by atoms with Crippen LogP contribution in [0.4, 0.5) is 0 Å². The van der Waals surface area contributed by atoms with E-state index in [1.165, 1.54) is 0 Å². The fourth-order valence-corrected chi connectivity index (χ4v) is 3.13. The molecule has 1 amide bonds. The van der Waals surface area contributed by atoms with E-state index in [9.17, 15) is 4.79 Å². The third-order valence-electron chi connectivity index (χ3n) is 3.35. The van der Waals surface area contributed by atoms with E-state index in [0.717, 1.165) is 35.7 Å². The van der Waals surface area contributed by atoms with Crippen molar-refractivity contribution in [2.75, 3.05) is 6.54 Å². The van der Waals surface area contributed by atoms with Crippen molar-refractivity contribution in [2.24, 2.45) is 0 Å². The van der Waals surface area contributed by atoms with Gasteiger partial charge in [0.2, 0.25) is 5.91 Å². The van der Waals surface area contributed by atoms with Crippen LogP contribution in [-0.4, -0.2) is 22.3 Å². The van der Waals surface area contributed by atoms with E-state index in [1.807, 2.05) is 23.1 Å². The van der Waals surface area contributed by atoms with Gasteiger partial charge in [-0.1, -0.05) is 30.3 Å². The van der Waals surface area contributed by atoms with Gasteiger partial charge in [-0.15, -0.1) is 11.3 Å². The van der Waals surface area contributed by atoms with Crippen molar-refractivity contribution in [3.63, 3.8) is 0 Å². The summed E-state index contributed by atoms with van der Waals surface area (Å²) in [5.41, 5.74) is 2.14. The molecule has 0 aliphatic carbocycles. The zero-order valence-corrected chi connectivity index (χ0v) is 11.5. The van der Waals surface area contributed by atoms with Crippen molar-refractivity contribution in [2.45, 2.75) is 25.8 Å². The number of piperidine rings is 1. The van der Waals surface area contributed by atoms with Crippen LogP contribution in [0, 0.1) is 0 Å². The molecule has 1 fully saturated rings. The first kappa shape index (κ1) is 12.4. The van der Waals surface area contributed by atoms with Gasteiger partial charge in [-0.2, -0.15) is 0 Å². The molecule has 0 spiro atoms. The molecule has 0 radical (unpaired) electrons. The smallest absolute Gasteiger partial charge is 0.222 e. The topological polar surface area (TPSA) is 33.2 Å². The van der Waals surface area contributed by atoms with Gasteiger partial charge in [0.25, 0.3) is 0 Å². The van der Waals surface area contributed by atoms with Crippen LogP contribution in [0.15, 0.2) is 35.7 Å². The number of carbonyl (C=O) groups is 1. The molecule has 1 aliphatic heterocycles. The molecule has 98 valence electrons. The van der Waals surface area contributed by atoms with Crippen molar-refractivity contribution in [3.05, 3.63) is 41.4 Å². The van der Waals surface area contributed by atoms with Crippen molar-refractivity contribution in [3.8, 4) is 10.6 Å². The second-order valence-electron chi connectivity index (χ2n) is 4.78. The minimum absolute atomic E-state index is 0.264. The summed E-state index contributed by atoms with van der Waals surface area (Å²) in [7, 11) is 0. The van der Waals surface area contributed by atoms with Crippen molar-refractivity contribution in [1.82, 2.24) is 9.88 Å². The first-order valence-electron chi connectivity index (χ1n) is 6.60. The van der Waals surface area contributed by atoms with Crippen LogP contribution in [0.3, 0.4) is 0 Å². The molecular weight excluding hydrogens is 256 g/mol. The van der Waals surface area contributed by atoms with E-state index < -0.39 is 0 Å². The largest absolute Gasteiger partial charge is 0.337 e. The molecule has 0 atom stereocenters. The van der Waals surface area contributed by atoms with Gasteiger partial charge in [0.15, 0.2) is 0 Å². The van der Waals surface area contributed by atoms with Crippen LogP contribution < -0.4 is 0 Å². The quantitative estimate of drug-likeness (QED) is 0.858. The average molecular weight is 272 g/mol. The predicted molar refractivity (Wildman–Crippen MR) is 76.8 cm³/mol. The van der Waals surface area contributed by atoms with E-state index in [1.54, 1.807) is 11.3 Å². The SMILES string of the molecule is O=C1CCCCN1Cc1csc(-c2ccccc2)n1. The highest BCUT2D eigenvalue weighted by Gasteiger charge is 2.19. The Morgan fingerprint density at radius 3 is 2.84 bits per heavy atom. The monoisotopic (exact) mass is 272 g/mol. The number of amides is 1. The number of rotatable bonds is 3. The first-order valence-corrected chi connectivity index (χ1v) is 7.48. The number of hydrogen-bond donors (Lipinski definition) is 0. The minimum atomic E-state index is 0.264. The molecule has 1 aromatic heterocycles. The lowest BCUT2D eigenvalue weighted by atomic mass is 10.1. The van der Waals surface area contributed by atoms with Gasteiger partial charge < -0.3 is 4.90 Å². The highest BCUT2D eigenvalue weighted by atomic mass is 32.1. The maximum absolute atomic E-state index is 11.8. The van der Waals surface area contributed by atoms with Gasteiger partial charge in [-0.3, -0.25) is 4.79 Å². The highest BCUT2D eigenvalue weighted by Crippen LogP contribution is 2.24. The average Bonchev–Trinajstić information content (AvgIpc) is 2.91. The number of carbonyl (C=O) groups excluding carboxylic acids is 1. The molecule has 2 heterocycles. The number of benzene rings is 1. The normalized spacial score (nSPS) is 15.8. The van der Waals surface area contributed by atoms with Crippen LogP contribution in [0.2, 0.25) is 0 Å². The molecular formula is C15H16N2OS. The maximum Gasteiger partial charge on any atom is 0.222 e. The van der Waals surface area contributed by atoms with Gasteiger partial charge in [0, 0.05) is 23.9 Å². The van der Waals surface area contributed by atoms with Gasteiger partial charge >= 0.3 is 0 Å². The zero-order chi connectivity index (χ0) is 13.1. The minimum Gasteiger partial charge on any atom is -0.337 e. The lowest BCUT2D eigenvalue weighted by Gasteiger charge is -2.25. The molecule has 19 heavy (non-hydrogen) atoms. The van der Waals surface area contributed by atoms with Crippen LogP contribution in [0.1, 0.15) is 25.0 Å². The van der Waals surface area contributed by atoms with Crippen molar-refractivity contribution in [1.29, 1.82) is 0 Å². The van der Waals surface area contributed by atoms with Crippen LogP contribution in [0.5, 0.6) is 0 Å². The lowest BCUT2D eigenvalue weighted by Crippen LogP contribution is -2.34. The van der Waals surface area contributed by atoms with Crippen LogP contribution >= 0.6 is 11.3 Å². The Labute approximate surface area is 116 Å². The Balaban J connectivity index is 1.73. The summed E-state index contributed by atoms with van der Waals surface area (Å²) in [4.78, 5) is 18.3. The van der Waals surface area contributed by atoms with Crippen LogP contribution in [0.25, 0.3) is 10.6 Å². The Hall–Kier alpha value is -1.68. The molecule has 3 rings (SSSR count). The third kappa shape index (κ3) is 2.84. The summed E-state index contributed by atoms with van der Waals surface area (Å²) in [5, 5.41) is 3.09. The van der Waals surface area contributed by atoms with E-state index in [0.29, 0.717) is 13.0 Å². The summed E-state index contributed by atoms with van der Waals surface area (Å²) >= 11 is 1.64. The second-order valence-corrected chi connectivity index (χ2v) is 5.64. The van der Waals surface area contributed by atoms with E-state index in [-0.39, 0.29) is 5.91 Å². The Morgan fingerprint density at radius 2 is 2.05 bits per heavy atom. The molecule has 3 nitrogen and oxygen atoms in total.